The van der Waals surface area contributed by atoms with E-state index in [9.17, 15) is 14.7 Å². The minimum absolute atomic E-state index is 0.0237. The van der Waals surface area contributed by atoms with Crippen molar-refractivity contribution in [3.8, 4) is 17.2 Å². The number of carbonyl (C=O) groups is 2. The molecule has 5 rings (SSSR count). The van der Waals surface area contributed by atoms with Crippen molar-refractivity contribution in [2.45, 2.75) is 12.5 Å². The highest BCUT2D eigenvalue weighted by Crippen LogP contribution is 2.41. The third-order valence-corrected chi connectivity index (χ3v) is 6.38. The molecule has 7 heteroatoms. The maximum Gasteiger partial charge on any atom is 0.295 e. The number of nitrogens with zero attached hydrogens (tertiary/aromatic N) is 1. The predicted octanol–water partition coefficient (Wildman–Crippen LogP) is 4.69. The molecule has 188 valence electrons. The van der Waals surface area contributed by atoms with Gasteiger partial charge in [0.1, 0.15) is 31.3 Å². The lowest BCUT2D eigenvalue weighted by atomic mass is 9.95. The van der Waals surface area contributed by atoms with Crippen molar-refractivity contribution in [2.75, 3.05) is 26.4 Å². The van der Waals surface area contributed by atoms with Gasteiger partial charge in [0.05, 0.1) is 11.6 Å². The lowest BCUT2D eigenvalue weighted by molar-refractivity contribution is -0.139. The number of fused-ring (bicyclic) bond motifs is 1. The van der Waals surface area contributed by atoms with Crippen LogP contribution in [0.15, 0.2) is 91.0 Å². The summed E-state index contributed by atoms with van der Waals surface area (Å²) in [6, 6.07) is 21.1. The molecule has 1 saturated heterocycles. The van der Waals surface area contributed by atoms with Gasteiger partial charge in [-0.2, -0.15) is 0 Å². The zero-order valence-electron chi connectivity index (χ0n) is 20.3. The van der Waals surface area contributed by atoms with Gasteiger partial charge >= 0.3 is 0 Å². The van der Waals surface area contributed by atoms with Gasteiger partial charge in [0.15, 0.2) is 11.5 Å². The molecule has 1 N–H and O–H groups in total. The number of likely N-dealkylation sites (tertiary alicyclic amines) is 1. The van der Waals surface area contributed by atoms with E-state index >= 15 is 0 Å². The summed E-state index contributed by atoms with van der Waals surface area (Å²) in [7, 11) is 0. The van der Waals surface area contributed by atoms with E-state index in [4.69, 9.17) is 14.2 Å². The molecule has 0 aromatic heterocycles. The highest BCUT2D eigenvalue weighted by molar-refractivity contribution is 6.46. The van der Waals surface area contributed by atoms with Gasteiger partial charge < -0.3 is 24.2 Å². The highest BCUT2D eigenvalue weighted by Gasteiger charge is 2.46. The van der Waals surface area contributed by atoms with Gasteiger partial charge in [0.25, 0.3) is 11.7 Å². The standard InChI is InChI=1S/C30H27NO6/c1-2-15-35-23-10-6-9-21(18-23)27-26(28(32)22-11-12-24-25(19-22)37-17-16-36-24)29(33)30(34)31(27)14-13-20-7-4-3-5-8-20/h2-12,18-19,27,32H,1,13-17H2/b28-26+. The Bertz CT molecular complexity index is 1360. The zero-order chi connectivity index (χ0) is 25.8. The molecule has 2 heterocycles. The van der Waals surface area contributed by atoms with Crippen LogP contribution in [0.1, 0.15) is 22.7 Å². The molecule has 1 unspecified atom stereocenters. The average molecular weight is 498 g/mol. The Morgan fingerprint density at radius 2 is 1.78 bits per heavy atom. The quantitative estimate of drug-likeness (QED) is 0.210. The second kappa shape index (κ2) is 10.6. The van der Waals surface area contributed by atoms with E-state index in [1.807, 2.05) is 36.4 Å². The smallest absolute Gasteiger partial charge is 0.295 e. The van der Waals surface area contributed by atoms with Gasteiger partial charge in [-0.1, -0.05) is 55.1 Å². The fraction of sp³-hybridized carbons (Fsp3) is 0.200. The van der Waals surface area contributed by atoms with Crippen LogP contribution in [0.5, 0.6) is 17.2 Å². The molecule has 2 aliphatic rings. The molecule has 0 radical (unpaired) electrons. The zero-order valence-corrected chi connectivity index (χ0v) is 20.3. The van der Waals surface area contributed by atoms with E-state index in [0.717, 1.165) is 5.56 Å². The number of aliphatic hydroxyl groups excluding tert-OH is 1. The molecule has 2 aliphatic heterocycles. The van der Waals surface area contributed by atoms with Gasteiger partial charge in [-0.15, -0.1) is 0 Å². The van der Waals surface area contributed by atoms with Crippen LogP contribution in [-0.4, -0.2) is 48.1 Å². The van der Waals surface area contributed by atoms with Crippen molar-refractivity contribution in [2.24, 2.45) is 0 Å². The number of Topliss-reactive ketones (excluding diaryl/α,β-unsaturated/α-hetero) is 1. The molecule has 37 heavy (non-hydrogen) atoms. The average Bonchev–Trinajstić information content (AvgIpc) is 3.20. The maximum atomic E-state index is 13.4. The molecule has 1 fully saturated rings. The molecular weight excluding hydrogens is 470 g/mol. The normalized spacial score (nSPS) is 18.1. The number of ether oxygens (including phenoxy) is 3. The van der Waals surface area contributed by atoms with Crippen molar-refractivity contribution < 1.29 is 28.9 Å². The third kappa shape index (κ3) is 4.93. The summed E-state index contributed by atoms with van der Waals surface area (Å²) in [5, 5.41) is 11.4. The Hall–Kier alpha value is -4.52. The first kappa shape index (κ1) is 24.2. The van der Waals surface area contributed by atoms with E-state index in [0.29, 0.717) is 61.2 Å². The highest BCUT2D eigenvalue weighted by atomic mass is 16.6. The van der Waals surface area contributed by atoms with E-state index in [1.165, 1.54) is 4.90 Å². The first-order valence-corrected chi connectivity index (χ1v) is 12.1. The van der Waals surface area contributed by atoms with Crippen LogP contribution < -0.4 is 14.2 Å². The number of aliphatic hydroxyl groups is 1. The summed E-state index contributed by atoms with van der Waals surface area (Å²) in [6.07, 6.45) is 2.20. The number of ketones is 1. The summed E-state index contributed by atoms with van der Waals surface area (Å²) in [4.78, 5) is 28.2. The van der Waals surface area contributed by atoms with Crippen molar-refractivity contribution in [1.29, 1.82) is 0 Å². The summed E-state index contributed by atoms with van der Waals surface area (Å²) >= 11 is 0. The molecule has 0 bridgehead atoms. The largest absolute Gasteiger partial charge is 0.507 e. The number of carbonyl (C=O) groups excluding carboxylic acids is 2. The van der Waals surface area contributed by atoms with Gasteiger partial charge in [0, 0.05) is 12.1 Å². The Balaban J connectivity index is 1.57. The van der Waals surface area contributed by atoms with E-state index in [2.05, 4.69) is 6.58 Å². The third-order valence-electron chi connectivity index (χ3n) is 6.38. The predicted molar refractivity (Wildman–Crippen MR) is 139 cm³/mol. The van der Waals surface area contributed by atoms with Gasteiger partial charge in [-0.05, 0) is 47.9 Å². The number of amides is 1. The van der Waals surface area contributed by atoms with Crippen LogP contribution in [0.25, 0.3) is 5.76 Å². The van der Waals surface area contributed by atoms with E-state index in [1.54, 1.807) is 42.5 Å². The van der Waals surface area contributed by atoms with Crippen LogP contribution in [0, 0.1) is 0 Å². The Morgan fingerprint density at radius 1 is 1.00 bits per heavy atom. The summed E-state index contributed by atoms with van der Waals surface area (Å²) in [5.41, 5.74) is 2.09. The SMILES string of the molecule is C=CCOc1cccc(C2/C(=C(\O)c3ccc4c(c3)OCCO4)C(=O)C(=O)N2CCc2ccccc2)c1. The van der Waals surface area contributed by atoms with Gasteiger partial charge in [0.2, 0.25) is 0 Å². The van der Waals surface area contributed by atoms with Crippen LogP contribution in [0.4, 0.5) is 0 Å². The molecular formula is C30H27NO6. The second-order valence-corrected chi connectivity index (χ2v) is 8.76. The fourth-order valence-electron chi connectivity index (χ4n) is 4.63. The van der Waals surface area contributed by atoms with Gasteiger partial charge in [-0.3, -0.25) is 9.59 Å². The molecule has 7 nitrogen and oxygen atoms in total. The van der Waals surface area contributed by atoms with Crippen molar-refractivity contribution in [3.05, 3.63) is 108 Å². The molecule has 0 saturated carbocycles. The van der Waals surface area contributed by atoms with Crippen LogP contribution >= 0.6 is 0 Å². The van der Waals surface area contributed by atoms with Gasteiger partial charge in [-0.25, -0.2) is 0 Å². The lowest BCUT2D eigenvalue weighted by Gasteiger charge is -2.26. The number of hydrogen-bond donors (Lipinski definition) is 1. The number of rotatable bonds is 8. The van der Waals surface area contributed by atoms with Crippen LogP contribution in [-0.2, 0) is 16.0 Å². The fourth-order valence-corrected chi connectivity index (χ4v) is 4.63. The molecule has 1 atom stereocenters. The minimum Gasteiger partial charge on any atom is -0.507 e. The second-order valence-electron chi connectivity index (χ2n) is 8.76. The monoisotopic (exact) mass is 497 g/mol. The molecule has 3 aromatic rings. The summed E-state index contributed by atoms with van der Waals surface area (Å²) < 4.78 is 16.9. The molecule has 3 aromatic carbocycles. The Labute approximate surface area is 215 Å². The van der Waals surface area contributed by atoms with Crippen molar-refractivity contribution in [3.63, 3.8) is 0 Å². The van der Waals surface area contributed by atoms with E-state index < -0.39 is 17.7 Å². The van der Waals surface area contributed by atoms with Crippen molar-refractivity contribution in [1.82, 2.24) is 4.90 Å². The maximum absolute atomic E-state index is 13.4. The lowest BCUT2D eigenvalue weighted by Crippen LogP contribution is -2.31. The molecule has 1 amide bonds. The number of benzene rings is 3. The molecule has 0 aliphatic carbocycles. The van der Waals surface area contributed by atoms with Crippen LogP contribution in [0.3, 0.4) is 0 Å². The molecule has 0 spiro atoms. The van der Waals surface area contributed by atoms with Crippen molar-refractivity contribution >= 4 is 17.4 Å². The first-order chi connectivity index (χ1) is 18.1. The Kier molecular flexibility index (Phi) is 6.94. The van der Waals surface area contributed by atoms with Crippen LogP contribution in [0.2, 0.25) is 0 Å². The number of hydrogen-bond acceptors (Lipinski definition) is 6. The minimum atomic E-state index is -0.788. The Morgan fingerprint density at radius 3 is 2.57 bits per heavy atom. The summed E-state index contributed by atoms with van der Waals surface area (Å²) in [6.45, 7) is 5.12. The summed E-state index contributed by atoms with van der Waals surface area (Å²) in [5.74, 6) is -0.0367. The van der Waals surface area contributed by atoms with E-state index in [-0.39, 0.29) is 11.3 Å². The topological polar surface area (TPSA) is 85.3 Å². The first-order valence-electron chi connectivity index (χ1n) is 12.1.